The molecule has 1 N–H and O–H groups in total. The quantitative estimate of drug-likeness (QED) is 0.886. The SMILES string of the molecule is COCCn1nnnc1NC(=O)c1cc(Br)oc1C. The first-order valence-corrected chi connectivity index (χ1v) is 6.23. The predicted molar refractivity (Wildman–Crippen MR) is 68.8 cm³/mol. The van der Waals surface area contributed by atoms with Crippen LogP contribution >= 0.6 is 15.9 Å². The Morgan fingerprint density at radius 1 is 1.63 bits per heavy atom. The third kappa shape index (κ3) is 3.18. The van der Waals surface area contributed by atoms with Gasteiger partial charge < -0.3 is 9.15 Å². The van der Waals surface area contributed by atoms with Gasteiger partial charge in [0.2, 0.25) is 5.95 Å². The van der Waals surface area contributed by atoms with Gasteiger partial charge >= 0.3 is 0 Å². The highest BCUT2D eigenvalue weighted by Gasteiger charge is 2.17. The van der Waals surface area contributed by atoms with Gasteiger partial charge in [-0.25, -0.2) is 4.68 Å². The van der Waals surface area contributed by atoms with E-state index in [4.69, 9.17) is 9.15 Å². The lowest BCUT2D eigenvalue weighted by Crippen LogP contribution is -2.18. The van der Waals surface area contributed by atoms with Crippen molar-refractivity contribution in [3.63, 3.8) is 0 Å². The number of hydrogen-bond acceptors (Lipinski definition) is 6. The molecule has 0 fully saturated rings. The average Bonchev–Trinajstić information content (AvgIpc) is 2.93. The van der Waals surface area contributed by atoms with Gasteiger partial charge in [-0.05, 0) is 33.3 Å². The summed E-state index contributed by atoms with van der Waals surface area (Å²) in [7, 11) is 1.58. The van der Waals surface area contributed by atoms with Crippen molar-refractivity contribution in [3.8, 4) is 0 Å². The van der Waals surface area contributed by atoms with Gasteiger partial charge in [-0.3, -0.25) is 10.1 Å². The molecule has 0 aliphatic carbocycles. The molecule has 0 radical (unpaired) electrons. The molecule has 0 aliphatic rings. The highest BCUT2D eigenvalue weighted by Crippen LogP contribution is 2.20. The number of methoxy groups -OCH3 is 1. The Morgan fingerprint density at radius 2 is 2.42 bits per heavy atom. The minimum absolute atomic E-state index is 0.263. The zero-order chi connectivity index (χ0) is 13.8. The van der Waals surface area contributed by atoms with Gasteiger partial charge in [0.15, 0.2) is 4.67 Å². The molecule has 8 nitrogen and oxygen atoms in total. The third-order valence-corrected chi connectivity index (χ3v) is 2.79. The van der Waals surface area contributed by atoms with E-state index in [2.05, 4.69) is 36.8 Å². The Balaban J connectivity index is 2.11. The van der Waals surface area contributed by atoms with E-state index in [1.54, 1.807) is 20.1 Å². The van der Waals surface area contributed by atoms with Crippen LogP contribution in [0.4, 0.5) is 5.95 Å². The highest BCUT2D eigenvalue weighted by atomic mass is 79.9. The number of rotatable bonds is 5. The van der Waals surface area contributed by atoms with E-state index in [-0.39, 0.29) is 11.9 Å². The zero-order valence-corrected chi connectivity index (χ0v) is 12.0. The van der Waals surface area contributed by atoms with Gasteiger partial charge in [-0.1, -0.05) is 5.10 Å². The van der Waals surface area contributed by atoms with Crippen LogP contribution in [0.3, 0.4) is 0 Å². The first kappa shape index (κ1) is 13.7. The summed E-state index contributed by atoms with van der Waals surface area (Å²) in [5.41, 5.74) is 0.424. The maximum atomic E-state index is 12.0. The predicted octanol–water partition coefficient (Wildman–Crippen LogP) is 1.24. The standard InChI is InChI=1S/C10H12BrN5O3/c1-6-7(5-8(11)19-6)9(17)12-10-13-14-15-16(10)3-4-18-2/h5H,3-4H2,1-2H3,(H,12,13,15,17). The van der Waals surface area contributed by atoms with Crippen LogP contribution < -0.4 is 5.32 Å². The molecule has 0 aromatic carbocycles. The van der Waals surface area contributed by atoms with Crippen molar-refractivity contribution < 1.29 is 13.9 Å². The van der Waals surface area contributed by atoms with Crippen LogP contribution in [0.5, 0.6) is 0 Å². The lowest BCUT2D eigenvalue weighted by atomic mass is 10.2. The molecular formula is C10H12BrN5O3. The summed E-state index contributed by atoms with van der Waals surface area (Å²) >= 11 is 3.17. The summed E-state index contributed by atoms with van der Waals surface area (Å²) < 4.78 is 12.1. The minimum atomic E-state index is -0.333. The Morgan fingerprint density at radius 3 is 3.05 bits per heavy atom. The van der Waals surface area contributed by atoms with E-state index >= 15 is 0 Å². The van der Waals surface area contributed by atoms with Crippen molar-refractivity contribution in [2.45, 2.75) is 13.5 Å². The highest BCUT2D eigenvalue weighted by molar-refractivity contribution is 9.10. The van der Waals surface area contributed by atoms with Crippen LogP contribution in [-0.4, -0.2) is 39.8 Å². The van der Waals surface area contributed by atoms with Crippen LogP contribution in [0.2, 0.25) is 0 Å². The molecule has 0 atom stereocenters. The van der Waals surface area contributed by atoms with Crippen molar-refractivity contribution in [3.05, 3.63) is 22.1 Å². The molecular weight excluding hydrogens is 318 g/mol. The van der Waals surface area contributed by atoms with Gasteiger partial charge in [0, 0.05) is 13.2 Å². The van der Waals surface area contributed by atoms with E-state index in [0.717, 1.165) is 0 Å². The molecule has 19 heavy (non-hydrogen) atoms. The summed E-state index contributed by atoms with van der Waals surface area (Å²) in [5, 5.41) is 13.6. The molecule has 2 aromatic rings. The van der Waals surface area contributed by atoms with Crippen molar-refractivity contribution in [2.75, 3.05) is 19.0 Å². The number of anilines is 1. The Kier molecular flexibility index (Phi) is 4.27. The number of nitrogens with one attached hydrogen (secondary N) is 1. The van der Waals surface area contributed by atoms with Crippen LogP contribution in [0.1, 0.15) is 16.1 Å². The smallest absolute Gasteiger partial charge is 0.261 e. The van der Waals surface area contributed by atoms with E-state index in [1.165, 1.54) is 4.68 Å². The van der Waals surface area contributed by atoms with Gasteiger partial charge in [-0.2, -0.15) is 0 Å². The molecule has 1 amide bonds. The maximum Gasteiger partial charge on any atom is 0.261 e. The summed E-state index contributed by atoms with van der Waals surface area (Å²) in [6.45, 7) is 2.60. The van der Waals surface area contributed by atoms with Crippen LogP contribution in [0.25, 0.3) is 0 Å². The summed E-state index contributed by atoms with van der Waals surface area (Å²) in [6.07, 6.45) is 0. The number of aromatic nitrogens is 4. The van der Waals surface area contributed by atoms with Crippen molar-refractivity contribution in [1.29, 1.82) is 0 Å². The number of hydrogen-bond donors (Lipinski definition) is 1. The van der Waals surface area contributed by atoms with Gasteiger partial charge in [-0.15, -0.1) is 0 Å². The van der Waals surface area contributed by atoms with E-state index in [1.807, 2.05) is 0 Å². The topological polar surface area (TPSA) is 95.1 Å². The van der Waals surface area contributed by atoms with Crippen molar-refractivity contribution in [1.82, 2.24) is 20.2 Å². The largest absolute Gasteiger partial charge is 0.454 e. The van der Waals surface area contributed by atoms with Crippen molar-refractivity contribution >= 4 is 27.8 Å². The number of carbonyl (C=O) groups is 1. The Bertz CT molecular complexity index is 579. The molecule has 0 saturated heterocycles. The first-order valence-electron chi connectivity index (χ1n) is 5.44. The van der Waals surface area contributed by atoms with E-state index in [0.29, 0.717) is 29.1 Å². The lowest BCUT2D eigenvalue weighted by Gasteiger charge is -2.04. The molecule has 102 valence electrons. The molecule has 0 aliphatic heterocycles. The van der Waals surface area contributed by atoms with E-state index < -0.39 is 0 Å². The second kappa shape index (κ2) is 5.93. The number of nitrogens with zero attached hydrogens (tertiary/aromatic N) is 4. The molecule has 0 bridgehead atoms. The number of furan rings is 1. The minimum Gasteiger partial charge on any atom is -0.454 e. The summed E-state index contributed by atoms with van der Waals surface area (Å²) in [4.78, 5) is 12.0. The Hall–Kier alpha value is -1.74. The second-order valence-corrected chi connectivity index (χ2v) is 4.47. The number of tetrazole rings is 1. The summed E-state index contributed by atoms with van der Waals surface area (Å²) in [5.74, 6) is 0.444. The fraction of sp³-hybridized carbons (Fsp3) is 0.400. The first-order chi connectivity index (χ1) is 9.11. The van der Waals surface area contributed by atoms with Gasteiger partial charge in [0.25, 0.3) is 5.91 Å². The molecule has 0 unspecified atom stereocenters. The zero-order valence-electron chi connectivity index (χ0n) is 10.4. The molecule has 0 saturated carbocycles. The number of ether oxygens (including phenoxy) is 1. The number of carbonyl (C=O) groups excluding carboxylic acids is 1. The fourth-order valence-electron chi connectivity index (χ4n) is 1.46. The average molecular weight is 330 g/mol. The second-order valence-electron chi connectivity index (χ2n) is 3.69. The molecule has 2 aromatic heterocycles. The normalized spacial score (nSPS) is 10.7. The van der Waals surface area contributed by atoms with Gasteiger partial charge in [0.1, 0.15) is 5.76 Å². The number of amides is 1. The molecule has 2 heterocycles. The van der Waals surface area contributed by atoms with Crippen LogP contribution in [0, 0.1) is 6.92 Å². The number of aryl methyl sites for hydroxylation is 1. The number of halogens is 1. The van der Waals surface area contributed by atoms with E-state index in [9.17, 15) is 4.79 Å². The van der Waals surface area contributed by atoms with Crippen LogP contribution in [-0.2, 0) is 11.3 Å². The Labute approximate surface area is 117 Å². The molecule has 9 heteroatoms. The fourth-order valence-corrected chi connectivity index (χ4v) is 1.93. The monoisotopic (exact) mass is 329 g/mol. The summed E-state index contributed by atoms with van der Waals surface area (Å²) in [6, 6.07) is 1.59. The van der Waals surface area contributed by atoms with Gasteiger partial charge in [0.05, 0.1) is 18.7 Å². The van der Waals surface area contributed by atoms with Crippen LogP contribution in [0.15, 0.2) is 15.2 Å². The maximum absolute atomic E-state index is 12.0. The van der Waals surface area contributed by atoms with Crippen molar-refractivity contribution in [2.24, 2.45) is 0 Å². The lowest BCUT2D eigenvalue weighted by molar-refractivity contribution is 0.102. The molecule has 0 spiro atoms. The molecule has 2 rings (SSSR count). The third-order valence-electron chi connectivity index (χ3n) is 2.40.